The summed E-state index contributed by atoms with van der Waals surface area (Å²) < 4.78 is 40.4. The molecule has 2 aliphatic carbocycles. The van der Waals surface area contributed by atoms with E-state index in [2.05, 4.69) is 12.2 Å². The topological polar surface area (TPSA) is 133 Å². The van der Waals surface area contributed by atoms with Crippen LogP contribution in [0.15, 0.2) is 35.0 Å². The summed E-state index contributed by atoms with van der Waals surface area (Å²) in [4.78, 5) is 12.9. The summed E-state index contributed by atoms with van der Waals surface area (Å²) >= 11 is 0. The maximum Gasteiger partial charge on any atom is 0.475 e. The third-order valence-corrected chi connectivity index (χ3v) is 8.04. The van der Waals surface area contributed by atoms with E-state index in [1.807, 2.05) is 0 Å². The van der Waals surface area contributed by atoms with E-state index in [0.717, 1.165) is 32.1 Å². The van der Waals surface area contributed by atoms with Gasteiger partial charge in [-0.15, -0.1) is 0 Å². The number of aliphatic hydroxyl groups excluding tert-OH is 2. The fourth-order valence-electron chi connectivity index (χ4n) is 4.96. The number of ether oxygens (including phenoxy) is 2. The second-order valence-corrected chi connectivity index (χ2v) is 10.2. The van der Waals surface area contributed by atoms with Crippen molar-refractivity contribution in [3.05, 3.63) is 35.0 Å². The van der Waals surface area contributed by atoms with Gasteiger partial charge in [0.1, 0.15) is 24.2 Å². The van der Waals surface area contributed by atoms with Crippen molar-refractivity contribution in [1.29, 1.82) is 0 Å². The molecule has 0 spiro atoms. The number of carbonyl (C=O) groups excluding carboxylic acids is 1. The minimum Gasteiger partial charge on any atom is -0.507 e. The number of rotatable bonds is 7. The average molecular weight is 469 g/mol. The molecule has 32 heavy (non-hydrogen) atoms. The number of unbranched alkanes of at least 4 members (excludes halogenated alkanes) is 4. The van der Waals surface area contributed by atoms with Gasteiger partial charge in [0.25, 0.3) is 0 Å². The first kappa shape index (κ1) is 22.0. The van der Waals surface area contributed by atoms with Crippen LogP contribution >= 0.6 is 7.82 Å². The molecule has 0 aromatic carbocycles. The summed E-state index contributed by atoms with van der Waals surface area (Å²) in [5.74, 6) is -1.59. The third-order valence-electron chi connectivity index (χ3n) is 6.53. The summed E-state index contributed by atoms with van der Waals surface area (Å²) in [6.45, 7) is 2.31. The van der Waals surface area contributed by atoms with Crippen LogP contribution in [-0.2, 0) is 32.4 Å². The van der Waals surface area contributed by atoms with Gasteiger partial charge in [-0.05, 0) is 18.1 Å². The Morgan fingerprint density at radius 1 is 1.16 bits per heavy atom. The Hall–Kier alpha value is -1.84. The molecule has 1 amide bonds. The van der Waals surface area contributed by atoms with E-state index < -0.39 is 49.9 Å². The number of fused-ring (bicyclic) bond motifs is 6. The smallest absolute Gasteiger partial charge is 0.475 e. The SMILES string of the molecule is CCCCCCCOP1(=O)O[C@@H]2[C@H](O1)[C@@H](O)C=C1C3C=C4OCOC4=C(O)C3C(=O)N[C@H]12. The van der Waals surface area contributed by atoms with Crippen LogP contribution in [-0.4, -0.2) is 53.9 Å². The molecule has 176 valence electrons. The van der Waals surface area contributed by atoms with Crippen LogP contribution in [0.25, 0.3) is 0 Å². The zero-order chi connectivity index (χ0) is 22.5. The van der Waals surface area contributed by atoms with Crippen LogP contribution in [0.4, 0.5) is 0 Å². The van der Waals surface area contributed by atoms with Gasteiger partial charge in [0.2, 0.25) is 18.5 Å². The van der Waals surface area contributed by atoms with Crippen molar-refractivity contribution in [2.75, 3.05) is 13.4 Å². The lowest BCUT2D eigenvalue weighted by atomic mass is 9.70. The summed E-state index contributed by atoms with van der Waals surface area (Å²) in [5.41, 5.74) is 0.633. The van der Waals surface area contributed by atoms with E-state index in [1.165, 1.54) is 0 Å². The maximum absolute atomic E-state index is 13.0. The molecule has 5 aliphatic rings. The van der Waals surface area contributed by atoms with Gasteiger partial charge in [-0.1, -0.05) is 38.7 Å². The molecule has 0 saturated carbocycles. The number of hydrogen-bond acceptors (Lipinski definition) is 9. The number of hydrogen-bond donors (Lipinski definition) is 3. The van der Waals surface area contributed by atoms with Crippen LogP contribution < -0.4 is 5.32 Å². The first-order chi connectivity index (χ1) is 15.4. The van der Waals surface area contributed by atoms with Crippen molar-refractivity contribution < 1.29 is 42.6 Å². The summed E-state index contributed by atoms with van der Waals surface area (Å²) in [5, 5.41) is 24.1. The van der Waals surface area contributed by atoms with Crippen molar-refractivity contribution in [3.63, 3.8) is 0 Å². The fraction of sp³-hybridized carbons (Fsp3) is 0.667. The van der Waals surface area contributed by atoms with E-state index in [0.29, 0.717) is 11.3 Å². The number of phosphoric ester groups is 1. The Kier molecular flexibility index (Phi) is 5.84. The molecule has 3 saturated heterocycles. The second-order valence-electron chi connectivity index (χ2n) is 8.63. The molecule has 3 unspecified atom stereocenters. The highest BCUT2D eigenvalue weighted by atomic mass is 31.2. The highest BCUT2D eigenvalue weighted by Crippen LogP contribution is 2.61. The number of piperidine rings is 1. The number of allylic oxidation sites excluding steroid dienone is 1. The van der Waals surface area contributed by atoms with Crippen LogP contribution in [0.2, 0.25) is 0 Å². The largest absolute Gasteiger partial charge is 0.507 e. The van der Waals surface area contributed by atoms with Crippen LogP contribution in [0.3, 0.4) is 0 Å². The molecule has 0 bridgehead atoms. The Bertz CT molecular complexity index is 928. The first-order valence-electron chi connectivity index (χ1n) is 11.1. The van der Waals surface area contributed by atoms with Gasteiger partial charge >= 0.3 is 7.82 Å². The summed E-state index contributed by atoms with van der Waals surface area (Å²) in [7, 11) is -3.88. The monoisotopic (exact) mass is 469 g/mol. The fourth-order valence-corrected chi connectivity index (χ4v) is 6.57. The molecular weight excluding hydrogens is 441 g/mol. The molecular formula is C21H28NO9P. The second kappa shape index (κ2) is 8.50. The zero-order valence-electron chi connectivity index (χ0n) is 17.8. The van der Waals surface area contributed by atoms with Gasteiger partial charge in [0.15, 0.2) is 11.5 Å². The van der Waals surface area contributed by atoms with Crippen LogP contribution in [0, 0.1) is 11.8 Å². The van der Waals surface area contributed by atoms with E-state index in [9.17, 15) is 19.6 Å². The quantitative estimate of drug-likeness (QED) is 0.292. The number of nitrogens with one attached hydrogen (secondary N) is 1. The third kappa shape index (κ3) is 3.68. The predicted molar refractivity (Wildman–Crippen MR) is 110 cm³/mol. The van der Waals surface area contributed by atoms with Gasteiger partial charge in [-0.2, -0.15) is 0 Å². The number of amides is 1. The lowest BCUT2D eigenvalue weighted by Crippen LogP contribution is -2.61. The number of aliphatic hydroxyl groups is 2. The van der Waals surface area contributed by atoms with Gasteiger partial charge in [-0.25, -0.2) is 4.57 Å². The van der Waals surface area contributed by atoms with Gasteiger partial charge < -0.3 is 25.0 Å². The zero-order valence-corrected chi connectivity index (χ0v) is 18.7. The normalized spacial score (nSPS) is 39.6. The lowest BCUT2D eigenvalue weighted by molar-refractivity contribution is -0.129. The maximum atomic E-state index is 13.0. The van der Waals surface area contributed by atoms with Crippen molar-refractivity contribution in [2.24, 2.45) is 11.8 Å². The molecule has 3 N–H and O–H groups in total. The molecule has 7 atom stereocenters. The van der Waals surface area contributed by atoms with Crippen molar-refractivity contribution in [2.45, 2.75) is 63.4 Å². The molecule has 3 fully saturated rings. The Morgan fingerprint density at radius 2 is 1.94 bits per heavy atom. The molecule has 5 rings (SSSR count). The summed E-state index contributed by atoms with van der Waals surface area (Å²) in [6, 6.07) is -0.686. The van der Waals surface area contributed by atoms with Crippen molar-refractivity contribution >= 4 is 13.7 Å². The molecule has 0 radical (unpaired) electrons. The summed E-state index contributed by atoms with van der Waals surface area (Å²) in [6.07, 6.45) is 5.37. The van der Waals surface area contributed by atoms with E-state index in [1.54, 1.807) is 12.2 Å². The molecule has 3 aliphatic heterocycles. The Morgan fingerprint density at radius 3 is 2.75 bits per heavy atom. The number of carbonyl (C=O) groups is 1. The minimum absolute atomic E-state index is 0.0436. The Balaban J connectivity index is 1.32. The highest BCUT2D eigenvalue weighted by molar-refractivity contribution is 7.48. The van der Waals surface area contributed by atoms with Crippen LogP contribution in [0.5, 0.6) is 0 Å². The van der Waals surface area contributed by atoms with Gasteiger partial charge in [-0.3, -0.25) is 18.4 Å². The van der Waals surface area contributed by atoms with E-state index in [-0.39, 0.29) is 24.9 Å². The van der Waals surface area contributed by atoms with E-state index in [4.69, 9.17) is 23.0 Å². The first-order valence-corrected chi connectivity index (χ1v) is 12.6. The molecule has 3 heterocycles. The molecule has 0 aromatic rings. The minimum atomic E-state index is -3.88. The predicted octanol–water partition coefficient (Wildman–Crippen LogP) is 2.57. The van der Waals surface area contributed by atoms with Gasteiger partial charge in [0.05, 0.1) is 12.6 Å². The van der Waals surface area contributed by atoms with Crippen molar-refractivity contribution in [1.82, 2.24) is 5.32 Å². The number of phosphoric acid groups is 1. The average Bonchev–Trinajstić information content (AvgIpc) is 3.37. The van der Waals surface area contributed by atoms with E-state index >= 15 is 0 Å². The highest BCUT2D eigenvalue weighted by Gasteiger charge is 2.59. The van der Waals surface area contributed by atoms with Gasteiger partial charge in [0, 0.05) is 5.92 Å². The Labute approximate surface area is 185 Å². The van der Waals surface area contributed by atoms with Crippen LogP contribution in [0.1, 0.15) is 39.0 Å². The molecule has 0 aromatic heterocycles. The van der Waals surface area contributed by atoms with Crippen molar-refractivity contribution in [3.8, 4) is 0 Å². The lowest BCUT2D eigenvalue weighted by Gasteiger charge is -2.44. The standard InChI is InChI=1S/C21H28NO9P/c1-2-3-4-5-6-7-29-32(26)30-18-13(23)8-12-11-9-14-19(28-10-27-14)17(24)15(11)21(25)22-16(12)20(18)31-32/h8-9,11,13,15-16,18,20,23-24H,2-7,10H2,1H3,(H,22,25)/t11?,13-,15?,16+,18+,20-,32?/m0/s1. The molecule has 10 nitrogen and oxygen atoms in total. The molecule has 11 heteroatoms.